The topological polar surface area (TPSA) is 30.7 Å². The largest absolute Gasteiger partial charge is 0.266 e. The predicted octanol–water partition coefficient (Wildman–Crippen LogP) is 2.09. The van der Waals surface area contributed by atoms with Gasteiger partial charge in [0.15, 0.2) is 0 Å². The quantitative estimate of drug-likeness (QED) is 0.664. The van der Waals surface area contributed by atoms with Gasteiger partial charge in [-0.05, 0) is 12.0 Å². The van der Waals surface area contributed by atoms with Crippen molar-refractivity contribution in [1.29, 1.82) is 0 Å². The van der Waals surface area contributed by atoms with Gasteiger partial charge in [0.05, 0.1) is 17.4 Å². The molecule has 0 aliphatic carbocycles. The summed E-state index contributed by atoms with van der Waals surface area (Å²) in [5.74, 6) is 0.444. The molecule has 2 aromatic heterocycles. The monoisotopic (exact) mass is 175 g/mol. The minimum absolute atomic E-state index is 0.444. The van der Waals surface area contributed by atoms with Crippen LogP contribution in [0.15, 0.2) is 18.5 Å². The Kier molecular flexibility index (Phi) is 1.79. The van der Waals surface area contributed by atoms with Crippen molar-refractivity contribution in [3.05, 3.63) is 24.2 Å². The molecule has 0 aliphatic heterocycles. The van der Waals surface area contributed by atoms with Gasteiger partial charge in [-0.15, -0.1) is 0 Å². The maximum absolute atomic E-state index is 4.38. The van der Waals surface area contributed by atoms with E-state index in [1.807, 2.05) is 30.2 Å². The van der Waals surface area contributed by atoms with E-state index in [0.717, 1.165) is 11.2 Å². The summed E-state index contributed by atoms with van der Waals surface area (Å²) >= 11 is 0. The molecule has 13 heavy (non-hydrogen) atoms. The Bertz CT molecular complexity index is 429. The fourth-order valence-corrected chi connectivity index (χ4v) is 1.57. The number of fused-ring (bicyclic) bond motifs is 1. The highest BCUT2D eigenvalue weighted by atomic mass is 15.3. The highest BCUT2D eigenvalue weighted by molar-refractivity contribution is 5.80. The van der Waals surface area contributed by atoms with Gasteiger partial charge in [-0.1, -0.05) is 13.8 Å². The van der Waals surface area contributed by atoms with E-state index < -0.39 is 0 Å². The molecule has 3 heteroatoms. The lowest BCUT2D eigenvalue weighted by Gasteiger charge is -2.06. The first-order chi connectivity index (χ1) is 6.20. The van der Waals surface area contributed by atoms with Crippen molar-refractivity contribution in [3.63, 3.8) is 0 Å². The molecule has 2 rings (SSSR count). The summed E-state index contributed by atoms with van der Waals surface area (Å²) in [6, 6.07) is 1.99. The molecule has 0 atom stereocenters. The zero-order valence-corrected chi connectivity index (χ0v) is 8.15. The van der Waals surface area contributed by atoms with Crippen LogP contribution in [0.5, 0.6) is 0 Å². The lowest BCUT2D eigenvalue weighted by Crippen LogP contribution is -1.98. The first-order valence-electron chi connectivity index (χ1n) is 4.46. The molecule has 0 saturated heterocycles. The molecule has 2 aromatic rings. The van der Waals surface area contributed by atoms with Gasteiger partial charge in [-0.2, -0.15) is 5.10 Å². The average molecular weight is 175 g/mol. The van der Waals surface area contributed by atoms with Crippen molar-refractivity contribution in [2.45, 2.75) is 19.8 Å². The third-order valence-corrected chi connectivity index (χ3v) is 2.22. The van der Waals surface area contributed by atoms with Gasteiger partial charge in [0, 0.05) is 18.6 Å². The first-order valence-corrected chi connectivity index (χ1v) is 4.46. The van der Waals surface area contributed by atoms with Gasteiger partial charge in [0.1, 0.15) is 0 Å². The average Bonchev–Trinajstić information content (AvgIpc) is 2.48. The molecule has 2 heterocycles. The minimum Gasteiger partial charge on any atom is -0.266 e. The molecule has 0 aliphatic rings. The van der Waals surface area contributed by atoms with Crippen molar-refractivity contribution in [2.75, 3.05) is 0 Å². The van der Waals surface area contributed by atoms with Crippen molar-refractivity contribution < 1.29 is 0 Å². The second-order valence-electron chi connectivity index (χ2n) is 3.56. The van der Waals surface area contributed by atoms with Crippen LogP contribution in [-0.2, 0) is 7.05 Å². The van der Waals surface area contributed by atoms with E-state index in [-0.39, 0.29) is 0 Å². The van der Waals surface area contributed by atoms with Crippen molar-refractivity contribution in [3.8, 4) is 0 Å². The predicted molar refractivity (Wildman–Crippen MR) is 52.6 cm³/mol. The molecule has 0 spiro atoms. The molecule has 0 saturated carbocycles. The smallest absolute Gasteiger partial charge is 0.0896 e. The van der Waals surface area contributed by atoms with Crippen LogP contribution in [0.1, 0.15) is 25.5 Å². The zero-order valence-electron chi connectivity index (χ0n) is 8.15. The van der Waals surface area contributed by atoms with E-state index in [1.165, 1.54) is 5.39 Å². The van der Waals surface area contributed by atoms with E-state index in [1.54, 1.807) is 0 Å². The fraction of sp³-hybridized carbons (Fsp3) is 0.400. The van der Waals surface area contributed by atoms with Crippen molar-refractivity contribution in [2.24, 2.45) is 7.05 Å². The third kappa shape index (κ3) is 1.20. The van der Waals surface area contributed by atoms with E-state index in [2.05, 4.69) is 23.9 Å². The molecule has 68 valence electrons. The van der Waals surface area contributed by atoms with Gasteiger partial charge in [-0.3, -0.25) is 9.67 Å². The van der Waals surface area contributed by atoms with Gasteiger partial charge in [0.25, 0.3) is 0 Å². The fourth-order valence-electron chi connectivity index (χ4n) is 1.57. The Morgan fingerprint density at radius 2 is 2.15 bits per heavy atom. The Morgan fingerprint density at radius 1 is 1.38 bits per heavy atom. The van der Waals surface area contributed by atoms with Gasteiger partial charge < -0.3 is 0 Å². The number of nitrogens with zero attached hydrogens (tertiary/aromatic N) is 3. The van der Waals surface area contributed by atoms with Crippen LogP contribution in [0.4, 0.5) is 0 Å². The second kappa shape index (κ2) is 2.83. The van der Waals surface area contributed by atoms with Crippen LogP contribution < -0.4 is 0 Å². The summed E-state index contributed by atoms with van der Waals surface area (Å²) in [5.41, 5.74) is 2.27. The number of aryl methyl sites for hydroxylation is 1. The van der Waals surface area contributed by atoms with Gasteiger partial charge in [0.2, 0.25) is 0 Å². The molecular weight excluding hydrogens is 162 g/mol. The summed E-state index contributed by atoms with van der Waals surface area (Å²) in [6.07, 6.45) is 3.72. The molecule has 0 amide bonds. The van der Waals surface area contributed by atoms with E-state index in [4.69, 9.17) is 0 Å². The molecule has 0 unspecified atom stereocenters. The van der Waals surface area contributed by atoms with Crippen molar-refractivity contribution in [1.82, 2.24) is 14.8 Å². The van der Waals surface area contributed by atoms with Crippen LogP contribution in [-0.4, -0.2) is 14.8 Å². The standard InChI is InChI=1S/C10H13N3/c1-7(2)9-10-8(4-5-11-9)6-12-13(10)3/h4-7H,1-3H3. The number of hydrogen-bond acceptors (Lipinski definition) is 2. The Balaban J connectivity index is 2.80. The number of rotatable bonds is 1. The summed E-state index contributed by atoms with van der Waals surface area (Å²) in [6.45, 7) is 4.30. The van der Waals surface area contributed by atoms with Gasteiger partial charge >= 0.3 is 0 Å². The zero-order chi connectivity index (χ0) is 9.42. The SMILES string of the molecule is CC(C)c1nccc2cnn(C)c12. The summed E-state index contributed by atoms with van der Waals surface area (Å²) in [5, 5.41) is 5.38. The van der Waals surface area contributed by atoms with E-state index >= 15 is 0 Å². The highest BCUT2D eigenvalue weighted by Gasteiger charge is 2.09. The first kappa shape index (κ1) is 8.23. The Hall–Kier alpha value is -1.38. The molecular formula is C10H13N3. The highest BCUT2D eigenvalue weighted by Crippen LogP contribution is 2.21. The van der Waals surface area contributed by atoms with Crippen LogP contribution >= 0.6 is 0 Å². The maximum atomic E-state index is 4.38. The second-order valence-corrected chi connectivity index (χ2v) is 3.56. The summed E-state index contributed by atoms with van der Waals surface area (Å²) in [4.78, 5) is 4.38. The third-order valence-electron chi connectivity index (χ3n) is 2.22. The Morgan fingerprint density at radius 3 is 2.85 bits per heavy atom. The maximum Gasteiger partial charge on any atom is 0.0896 e. The van der Waals surface area contributed by atoms with E-state index in [9.17, 15) is 0 Å². The minimum atomic E-state index is 0.444. The molecule has 0 N–H and O–H groups in total. The Labute approximate surface area is 77.4 Å². The van der Waals surface area contributed by atoms with Crippen molar-refractivity contribution >= 4 is 10.9 Å². The lowest BCUT2D eigenvalue weighted by molar-refractivity contribution is 0.766. The van der Waals surface area contributed by atoms with Crippen LogP contribution in [0, 0.1) is 0 Å². The molecule has 0 radical (unpaired) electrons. The summed E-state index contributed by atoms with van der Waals surface area (Å²) in [7, 11) is 1.95. The van der Waals surface area contributed by atoms with Crippen LogP contribution in [0.2, 0.25) is 0 Å². The molecule has 0 bridgehead atoms. The lowest BCUT2D eigenvalue weighted by atomic mass is 10.1. The number of hydrogen-bond donors (Lipinski definition) is 0. The number of aromatic nitrogens is 3. The van der Waals surface area contributed by atoms with E-state index in [0.29, 0.717) is 5.92 Å². The number of pyridine rings is 1. The van der Waals surface area contributed by atoms with Gasteiger partial charge in [-0.25, -0.2) is 0 Å². The van der Waals surface area contributed by atoms with Crippen LogP contribution in [0.25, 0.3) is 10.9 Å². The molecule has 3 nitrogen and oxygen atoms in total. The molecule has 0 aromatic carbocycles. The summed E-state index contributed by atoms with van der Waals surface area (Å²) < 4.78 is 1.89. The van der Waals surface area contributed by atoms with Crippen LogP contribution in [0.3, 0.4) is 0 Å². The molecule has 0 fully saturated rings. The normalized spacial score (nSPS) is 11.4.